The van der Waals surface area contributed by atoms with Crippen LogP contribution in [0.1, 0.15) is 39.5 Å². The van der Waals surface area contributed by atoms with E-state index in [0.29, 0.717) is 18.2 Å². The molecule has 0 aromatic heterocycles. The quantitative estimate of drug-likeness (QED) is 0.616. The highest BCUT2D eigenvalue weighted by molar-refractivity contribution is 5.80. The minimum Gasteiger partial charge on any atom is -0.374 e. The average Bonchev–Trinajstić information content (AvgIpc) is 2.99. The number of likely N-dealkylation sites (tertiary alicyclic amines) is 1. The molecule has 0 aromatic carbocycles. The van der Waals surface area contributed by atoms with E-state index in [1.807, 2.05) is 0 Å². The lowest BCUT2D eigenvalue weighted by Gasteiger charge is -2.26. The predicted molar refractivity (Wildman–Crippen MR) is 92.7 cm³/mol. The number of likely N-dealkylation sites (N-methyl/N-ethyl adjacent to an activating group) is 1. The summed E-state index contributed by atoms with van der Waals surface area (Å²) in [6.07, 6.45) is 6.33. The molecule has 23 heavy (non-hydrogen) atoms. The summed E-state index contributed by atoms with van der Waals surface area (Å²) in [7, 11) is 2.25. The van der Waals surface area contributed by atoms with Crippen LogP contribution in [0, 0.1) is 11.8 Å². The van der Waals surface area contributed by atoms with Crippen molar-refractivity contribution in [2.24, 2.45) is 16.8 Å². The Morgan fingerprint density at radius 2 is 1.87 bits per heavy atom. The van der Waals surface area contributed by atoms with Crippen LogP contribution < -0.4 is 5.32 Å². The Hall–Kier alpha value is -0.810. The molecule has 2 bridgehead atoms. The molecule has 0 radical (unpaired) electrons. The van der Waals surface area contributed by atoms with Crippen LogP contribution in [0.2, 0.25) is 0 Å². The molecule has 4 rings (SSSR count). The van der Waals surface area contributed by atoms with Crippen molar-refractivity contribution in [3.05, 3.63) is 0 Å². The summed E-state index contributed by atoms with van der Waals surface area (Å²) >= 11 is 0. The van der Waals surface area contributed by atoms with E-state index in [0.717, 1.165) is 50.0 Å². The summed E-state index contributed by atoms with van der Waals surface area (Å²) in [5.41, 5.74) is 0. The lowest BCUT2D eigenvalue weighted by Crippen LogP contribution is -2.42. The molecule has 0 amide bonds. The molecule has 1 saturated carbocycles. The Labute approximate surface area is 140 Å². The molecular formula is C18H32N4O. The van der Waals surface area contributed by atoms with Gasteiger partial charge in [0.1, 0.15) is 0 Å². The van der Waals surface area contributed by atoms with E-state index in [-0.39, 0.29) is 0 Å². The second kappa shape index (κ2) is 6.25. The van der Waals surface area contributed by atoms with E-state index in [1.54, 1.807) is 0 Å². The van der Waals surface area contributed by atoms with Crippen LogP contribution in [-0.2, 0) is 4.74 Å². The van der Waals surface area contributed by atoms with Gasteiger partial charge in [0.2, 0.25) is 0 Å². The van der Waals surface area contributed by atoms with Gasteiger partial charge in [0.25, 0.3) is 0 Å². The van der Waals surface area contributed by atoms with Gasteiger partial charge in [0, 0.05) is 43.6 Å². The number of guanidine groups is 1. The van der Waals surface area contributed by atoms with E-state index >= 15 is 0 Å². The summed E-state index contributed by atoms with van der Waals surface area (Å²) in [5.74, 6) is 2.60. The molecule has 0 aromatic rings. The van der Waals surface area contributed by atoms with Crippen LogP contribution in [-0.4, -0.2) is 73.3 Å². The van der Waals surface area contributed by atoms with E-state index in [4.69, 9.17) is 9.73 Å². The lowest BCUT2D eigenvalue weighted by atomic mass is 9.82. The van der Waals surface area contributed by atoms with Crippen LogP contribution in [0.5, 0.6) is 0 Å². The third kappa shape index (κ3) is 2.98. The van der Waals surface area contributed by atoms with Gasteiger partial charge in [0.15, 0.2) is 5.96 Å². The van der Waals surface area contributed by atoms with E-state index < -0.39 is 0 Å². The highest BCUT2D eigenvalue weighted by Crippen LogP contribution is 2.47. The molecule has 3 aliphatic heterocycles. The Bertz CT molecular complexity index is 446. The van der Waals surface area contributed by atoms with Crippen molar-refractivity contribution in [2.75, 3.05) is 33.2 Å². The minimum atomic E-state index is 0.526. The monoisotopic (exact) mass is 320 g/mol. The summed E-state index contributed by atoms with van der Waals surface area (Å²) < 4.78 is 6.10. The second-order valence-corrected chi connectivity index (χ2v) is 7.96. The maximum absolute atomic E-state index is 6.10. The molecule has 5 atom stereocenters. The fraction of sp³-hybridized carbons (Fsp3) is 0.944. The van der Waals surface area contributed by atoms with Crippen molar-refractivity contribution in [1.82, 2.24) is 15.1 Å². The number of nitrogens with one attached hydrogen (secondary N) is 1. The highest BCUT2D eigenvalue weighted by Gasteiger charge is 2.53. The van der Waals surface area contributed by atoms with Crippen molar-refractivity contribution < 1.29 is 4.74 Å². The number of nitrogens with zero attached hydrogens (tertiary/aromatic N) is 3. The van der Waals surface area contributed by atoms with Gasteiger partial charge >= 0.3 is 0 Å². The first-order valence-electron chi connectivity index (χ1n) is 9.58. The van der Waals surface area contributed by atoms with Gasteiger partial charge in [-0.1, -0.05) is 0 Å². The van der Waals surface area contributed by atoms with Crippen LogP contribution in [0.15, 0.2) is 4.99 Å². The summed E-state index contributed by atoms with van der Waals surface area (Å²) in [5, 5.41) is 3.52. The highest BCUT2D eigenvalue weighted by atomic mass is 16.5. The molecule has 3 heterocycles. The molecule has 5 heteroatoms. The van der Waals surface area contributed by atoms with Gasteiger partial charge in [0.05, 0.1) is 18.8 Å². The van der Waals surface area contributed by atoms with Gasteiger partial charge in [-0.15, -0.1) is 0 Å². The normalized spacial score (nSPS) is 37.6. The first-order valence-corrected chi connectivity index (χ1v) is 9.58. The third-order valence-electron chi connectivity index (χ3n) is 6.41. The zero-order valence-corrected chi connectivity index (χ0v) is 14.9. The van der Waals surface area contributed by atoms with Crippen LogP contribution in [0.3, 0.4) is 0 Å². The molecule has 130 valence electrons. The summed E-state index contributed by atoms with van der Waals surface area (Å²) in [4.78, 5) is 9.97. The largest absolute Gasteiger partial charge is 0.374 e. The van der Waals surface area contributed by atoms with Gasteiger partial charge in [-0.3, -0.25) is 9.89 Å². The molecule has 3 saturated heterocycles. The van der Waals surface area contributed by atoms with Gasteiger partial charge in [-0.2, -0.15) is 0 Å². The topological polar surface area (TPSA) is 40.1 Å². The second-order valence-electron chi connectivity index (χ2n) is 7.96. The number of hydrogen-bond acceptors (Lipinski definition) is 3. The lowest BCUT2D eigenvalue weighted by molar-refractivity contribution is 0.0767. The molecule has 5 unspecified atom stereocenters. The SMILES string of the molecule is CCNC(=NCC(C)N(C)C1CC1)N1CC2C3CCC(O3)C2C1. The maximum Gasteiger partial charge on any atom is 0.193 e. The van der Waals surface area contributed by atoms with Crippen molar-refractivity contribution in [2.45, 2.75) is 63.8 Å². The molecule has 4 fully saturated rings. The molecule has 5 nitrogen and oxygen atoms in total. The fourth-order valence-corrected chi connectivity index (χ4v) is 4.75. The van der Waals surface area contributed by atoms with E-state index in [2.05, 4.69) is 36.0 Å². The Balaban J connectivity index is 1.38. The molecule has 1 N–H and O–H groups in total. The van der Waals surface area contributed by atoms with Crippen molar-refractivity contribution >= 4 is 5.96 Å². The van der Waals surface area contributed by atoms with Crippen molar-refractivity contribution in [1.29, 1.82) is 0 Å². The maximum atomic E-state index is 6.10. The summed E-state index contributed by atoms with van der Waals surface area (Å²) in [6.45, 7) is 8.57. The molecule has 4 aliphatic rings. The average molecular weight is 320 g/mol. The minimum absolute atomic E-state index is 0.526. The summed E-state index contributed by atoms with van der Waals surface area (Å²) in [6, 6.07) is 1.33. The number of fused-ring (bicyclic) bond motifs is 5. The molecule has 0 spiro atoms. The van der Waals surface area contributed by atoms with E-state index in [9.17, 15) is 0 Å². The standard InChI is InChI=1S/C18H32N4O/c1-4-19-18(20-9-12(2)21(3)13-5-6-13)22-10-14-15(11-22)17-8-7-16(14)23-17/h12-17H,4-11H2,1-3H3,(H,19,20). The Kier molecular flexibility index (Phi) is 4.26. The van der Waals surface area contributed by atoms with E-state index in [1.165, 1.54) is 25.7 Å². The molecule has 1 aliphatic carbocycles. The predicted octanol–water partition coefficient (Wildman–Crippen LogP) is 1.54. The van der Waals surface area contributed by atoms with Crippen molar-refractivity contribution in [3.8, 4) is 0 Å². The number of ether oxygens (including phenoxy) is 1. The third-order valence-corrected chi connectivity index (χ3v) is 6.41. The van der Waals surface area contributed by atoms with Gasteiger partial charge in [-0.05, 0) is 46.6 Å². The fourth-order valence-electron chi connectivity index (χ4n) is 4.75. The first-order chi connectivity index (χ1) is 11.2. The van der Waals surface area contributed by atoms with Gasteiger partial charge in [-0.25, -0.2) is 0 Å². The zero-order valence-electron chi connectivity index (χ0n) is 14.9. The van der Waals surface area contributed by atoms with Crippen LogP contribution >= 0.6 is 0 Å². The first kappa shape index (κ1) is 15.7. The number of rotatable bonds is 5. The number of hydrogen-bond donors (Lipinski definition) is 1. The Morgan fingerprint density at radius 1 is 1.22 bits per heavy atom. The van der Waals surface area contributed by atoms with Crippen molar-refractivity contribution in [3.63, 3.8) is 0 Å². The Morgan fingerprint density at radius 3 is 2.43 bits per heavy atom. The van der Waals surface area contributed by atoms with Gasteiger partial charge < -0.3 is 15.0 Å². The number of aliphatic imine (C=N–C) groups is 1. The van der Waals surface area contributed by atoms with Crippen LogP contribution in [0.4, 0.5) is 0 Å². The smallest absolute Gasteiger partial charge is 0.193 e. The molecular weight excluding hydrogens is 288 g/mol. The zero-order chi connectivity index (χ0) is 16.0. The van der Waals surface area contributed by atoms with Crippen LogP contribution in [0.25, 0.3) is 0 Å².